The van der Waals surface area contributed by atoms with Crippen LogP contribution in [0, 0.1) is 16.0 Å². The Morgan fingerprint density at radius 3 is 2.75 bits per heavy atom. The van der Waals surface area contributed by atoms with E-state index in [1.54, 1.807) is 0 Å². The molecular weight excluding hydrogens is 264 g/mol. The number of aliphatic hydroxyl groups is 1. The maximum atomic E-state index is 10.9. The van der Waals surface area contributed by atoms with Crippen molar-refractivity contribution >= 4 is 17.3 Å². The molecule has 0 amide bonds. The van der Waals surface area contributed by atoms with E-state index >= 15 is 0 Å². The molecule has 0 aliphatic heterocycles. The number of carboxylic acid groups (broad SMARTS) is 1. The van der Waals surface area contributed by atoms with Crippen LogP contribution in [0.2, 0.25) is 0 Å². The van der Waals surface area contributed by atoms with Gasteiger partial charge in [-0.05, 0) is 25.0 Å². The molecule has 0 saturated heterocycles. The molecule has 2 atom stereocenters. The van der Waals surface area contributed by atoms with Gasteiger partial charge in [-0.1, -0.05) is 6.42 Å². The van der Waals surface area contributed by atoms with Crippen molar-refractivity contribution in [1.82, 2.24) is 0 Å². The smallest absolute Gasteiger partial charge is 0.342 e. The molecule has 1 aromatic carbocycles. The van der Waals surface area contributed by atoms with Gasteiger partial charge >= 0.3 is 5.97 Å². The number of hydrogen-bond acceptors (Lipinski definition) is 5. The van der Waals surface area contributed by atoms with Gasteiger partial charge in [0.05, 0.1) is 11.0 Å². The standard InChI is InChI=1S/C13H16N2O5/c16-12-3-1-2-8(12)7-14-9-4-5-10(13(17)18)11(6-9)15(19)20/h4-6,8,12,14,16H,1-3,7H2,(H,17,18). The van der Waals surface area contributed by atoms with Gasteiger partial charge in [0.15, 0.2) is 0 Å². The second-order valence-corrected chi connectivity index (χ2v) is 4.93. The molecule has 0 heterocycles. The molecule has 7 heteroatoms. The number of carbonyl (C=O) groups is 1. The zero-order valence-corrected chi connectivity index (χ0v) is 10.8. The third-order valence-corrected chi connectivity index (χ3v) is 3.61. The van der Waals surface area contributed by atoms with Crippen LogP contribution in [0.15, 0.2) is 18.2 Å². The quantitative estimate of drug-likeness (QED) is 0.560. The lowest BCUT2D eigenvalue weighted by molar-refractivity contribution is -0.385. The van der Waals surface area contributed by atoms with E-state index in [-0.39, 0.29) is 17.6 Å². The van der Waals surface area contributed by atoms with Crippen molar-refractivity contribution < 1.29 is 19.9 Å². The van der Waals surface area contributed by atoms with Gasteiger partial charge in [0.25, 0.3) is 5.69 Å². The van der Waals surface area contributed by atoms with Crippen LogP contribution in [0.25, 0.3) is 0 Å². The molecule has 20 heavy (non-hydrogen) atoms. The van der Waals surface area contributed by atoms with E-state index < -0.39 is 16.6 Å². The van der Waals surface area contributed by atoms with Crippen LogP contribution in [0.4, 0.5) is 11.4 Å². The molecule has 0 radical (unpaired) electrons. The highest BCUT2D eigenvalue weighted by molar-refractivity contribution is 5.93. The van der Waals surface area contributed by atoms with Crippen LogP contribution < -0.4 is 5.32 Å². The number of nitrogens with one attached hydrogen (secondary N) is 1. The van der Waals surface area contributed by atoms with E-state index in [0.29, 0.717) is 12.2 Å². The van der Waals surface area contributed by atoms with E-state index in [1.165, 1.54) is 18.2 Å². The Bertz CT molecular complexity index is 531. The highest BCUT2D eigenvalue weighted by atomic mass is 16.6. The minimum absolute atomic E-state index is 0.133. The van der Waals surface area contributed by atoms with E-state index in [1.807, 2.05) is 0 Å². The predicted molar refractivity (Wildman–Crippen MR) is 71.9 cm³/mol. The summed E-state index contributed by atoms with van der Waals surface area (Å²) in [6.45, 7) is 0.519. The summed E-state index contributed by atoms with van der Waals surface area (Å²) in [5.74, 6) is -1.19. The normalized spacial score (nSPS) is 21.6. The van der Waals surface area contributed by atoms with Crippen molar-refractivity contribution in [1.29, 1.82) is 0 Å². The predicted octanol–water partition coefficient (Wildman–Crippen LogP) is 1.87. The lowest BCUT2D eigenvalue weighted by Crippen LogP contribution is -2.22. The van der Waals surface area contributed by atoms with Gasteiger partial charge in [0, 0.05) is 24.2 Å². The van der Waals surface area contributed by atoms with Crippen molar-refractivity contribution in [3.8, 4) is 0 Å². The summed E-state index contributed by atoms with van der Waals surface area (Å²) in [6, 6.07) is 3.93. The average Bonchev–Trinajstić information content (AvgIpc) is 2.81. The van der Waals surface area contributed by atoms with E-state index in [2.05, 4.69) is 5.32 Å². The van der Waals surface area contributed by atoms with Crippen LogP contribution >= 0.6 is 0 Å². The van der Waals surface area contributed by atoms with Gasteiger partial charge in [-0.3, -0.25) is 10.1 Å². The van der Waals surface area contributed by atoms with Crippen LogP contribution in [-0.2, 0) is 0 Å². The molecule has 2 rings (SSSR count). The maximum Gasteiger partial charge on any atom is 0.342 e. The Labute approximate surface area is 115 Å². The molecule has 2 unspecified atom stereocenters. The first-order valence-corrected chi connectivity index (χ1v) is 6.42. The lowest BCUT2D eigenvalue weighted by Gasteiger charge is -2.16. The van der Waals surface area contributed by atoms with Gasteiger partial charge in [0.2, 0.25) is 0 Å². The molecule has 1 aliphatic rings. The fourth-order valence-corrected chi connectivity index (χ4v) is 2.48. The van der Waals surface area contributed by atoms with Crippen LogP contribution in [0.3, 0.4) is 0 Å². The Morgan fingerprint density at radius 2 is 2.20 bits per heavy atom. The molecule has 1 aromatic rings. The van der Waals surface area contributed by atoms with Crippen molar-refractivity contribution in [3.05, 3.63) is 33.9 Å². The number of anilines is 1. The van der Waals surface area contributed by atoms with Gasteiger partial charge in [-0.15, -0.1) is 0 Å². The number of nitrogens with zero attached hydrogens (tertiary/aromatic N) is 1. The summed E-state index contributed by atoms with van der Waals surface area (Å²) in [4.78, 5) is 21.0. The summed E-state index contributed by atoms with van der Waals surface area (Å²) in [7, 11) is 0. The summed E-state index contributed by atoms with van der Waals surface area (Å²) >= 11 is 0. The van der Waals surface area contributed by atoms with E-state index in [4.69, 9.17) is 5.11 Å². The first kappa shape index (κ1) is 14.3. The van der Waals surface area contributed by atoms with Crippen molar-refractivity contribution in [3.63, 3.8) is 0 Å². The van der Waals surface area contributed by atoms with Gasteiger partial charge in [0.1, 0.15) is 5.56 Å². The zero-order valence-electron chi connectivity index (χ0n) is 10.8. The Balaban J connectivity index is 2.11. The summed E-state index contributed by atoms with van der Waals surface area (Å²) in [5.41, 5.74) is -0.281. The number of benzene rings is 1. The molecule has 0 bridgehead atoms. The van der Waals surface area contributed by atoms with Crippen molar-refractivity contribution in [2.75, 3.05) is 11.9 Å². The molecule has 1 aliphatic carbocycles. The third kappa shape index (κ3) is 3.05. The first-order valence-electron chi connectivity index (χ1n) is 6.42. The molecule has 108 valence electrons. The largest absolute Gasteiger partial charge is 0.477 e. The number of carboxylic acids is 1. The monoisotopic (exact) mass is 280 g/mol. The first-order chi connectivity index (χ1) is 9.49. The molecule has 3 N–H and O–H groups in total. The van der Waals surface area contributed by atoms with Crippen molar-refractivity contribution in [2.45, 2.75) is 25.4 Å². The van der Waals surface area contributed by atoms with E-state index in [9.17, 15) is 20.0 Å². The van der Waals surface area contributed by atoms with Crippen molar-refractivity contribution in [2.24, 2.45) is 5.92 Å². The number of nitro groups is 1. The Morgan fingerprint density at radius 1 is 1.45 bits per heavy atom. The maximum absolute atomic E-state index is 10.9. The Kier molecular flexibility index (Phi) is 4.19. The topological polar surface area (TPSA) is 113 Å². The highest BCUT2D eigenvalue weighted by Crippen LogP contribution is 2.27. The molecule has 0 spiro atoms. The number of aromatic carboxylic acids is 1. The van der Waals surface area contributed by atoms with Gasteiger partial charge in [-0.2, -0.15) is 0 Å². The van der Waals surface area contributed by atoms with Gasteiger partial charge in [-0.25, -0.2) is 4.79 Å². The fraction of sp³-hybridized carbons (Fsp3) is 0.462. The third-order valence-electron chi connectivity index (χ3n) is 3.61. The van der Waals surface area contributed by atoms with E-state index in [0.717, 1.165) is 19.3 Å². The molecule has 1 saturated carbocycles. The molecular formula is C13H16N2O5. The number of aliphatic hydroxyl groups excluding tert-OH is 1. The highest BCUT2D eigenvalue weighted by Gasteiger charge is 2.25. The zero-order chi connectivity index (χ0) is 14.7. The second-order valence-electron chi connectivity index (χ2n) is 4.93. The van der Waals surface area contributed by atoms with Gasteiger partial charge < -0.3 is 15.5 Å². The number of nitro benzene ring substituents is 1. The SMILES string of the molecule is O=C(O)c1ccc(NCC2CCCC2O)cc1[N+](=O)[O-]. The van der Waals surface area contributed by atoms with Crippen LogP contribution in [0.5, 0.6) is 0 Å². The molecule has 7 nitrogen and oxygen atoms in total. The average molecular weight is 280 g/mol. The number of rotatable bonds is 5. The Hall–Kier alpha value is -2.15. The summed E-state index contributed by atoms with van der Waals surface area (Å²) < 4.78 is 0. The second kappa shape index (κ2) is 5.87. The van der Waals surface area contributed by atoms with Crippen LogP contribution in [0.1, 0.15) is 29.6 Å². The summed E-state index contributed by atoms with van der Waals surface area (Å²) in [6.07, 6.45) is 2.34. The van der Waals surface area contributed by atoms with Crippen LogP contribution in [-0.4, -0.2) is 33.8 Å². The molecule has 1 fully saturated rings. The number of hydrogen-bond donors (Lipinski definition) is 3. The minimum atomic E-state index is -1.32. The summed E-state index contributed by atoms with van der Waals surface area (Å²) in [5, 5.41) is 32.5. The molecule has 0 aromatic heterocycles. The fourth-order valence-electron chi connectivity index (χ4n) is 2.48. The minimum Gasteiger partial charge on any atom is -0.477 e. The lowest BCUT2D eigenvalue weighted by atomic mass is 10.1.